The Morgan fingerprint density at radius 1 is 1.42 bits per heavy atom. The van der Waals surface area contributed by atoms with Gasteiger partial charge in [-0.3, -0.25) is 10.2 Å². The van der Waals surface area contributed by atoms with Crippen molar-refractivity contribution in [3.8, 4) is 0 Å². The molecule has 19 heavy (non-hydrogen) atoms. The fourth-order valence-electron chi connectivity index (χ4n) is 2.24. The second kappa shape index (κ2) is 6.14. The fraction of sp³-hybridized carbons (Fsp3) is 0.357. The van der Waals surface area contributed by atoms with E-state index >= 15 is 0 Å². The van der Waals surface area contributed by atoms with Crippen molar-refractivity contribution in [2.24, 2.45) is 5.84 Å². The van der Waals surface area contributed by atoms with Crippen molar-refractivity contribution in [1.29, 1.82) is 0 Å². The Morgan fingerprint density at radius 2 is 2.16 bits per heavy atom. The number of carbonyl (C=O) groups is 1. The summed E-state index contributed by atoms with van der Waals surface area (Å²) in [6.07, 6.45) is 1.09. The second-order valence-electron chi connectivity index (χ2n) is 4.62. The van der Waals surface area contributed by atoms with Crippen LogP contribution in [0.3, 0.4) is 0 Å². The van der Waals surface area contributed by atoms with Crippen molar-refractivity contribution in [1.82, 2.24) is 10.3 Å². The predicted molar refractivity (Wildman–Crippen MR) is 80.1 cm³/mol. The quantitative estimate of drug-likeness (QED) is 0.501. The number of nitrogens with two attached hydrogens (primary N) is 1. The highest BCUT2D eigenvalue weighted by atomic mass is 32.1. The van der Waals surface area contributed by atoms with E-state index in [9.17, 15) is 4.79 Å². The predicted octanol–water partition coefficient (Wildman–Crippen LogP) is 2.35. The summed E-state index contributed by atoms with van der Waals surface area (Å²) in [6.45, 7) is 3.92. The van der Waals surface area contributed by atoms with E-state index in [1.165, 1.54) is 11.3 Å². The normalized spacial score (nSPS) is 11.2. The summed E-state index contributed by atoms with van der Waals surface area (Å²) in [5.41, 5.74) is 3.31. The van der Waals surface area contributed by atoms with Crippen LogP contribution in [-0.4, -0.2) is 24.4 Å². The molecule has 0 aliphatic heterocycles. The number of hydrogen-bond donors (Lipinski definition) is 2. The molecule has 0 saturated carbocycles. The fourth-order valence-corrected chi connectivity index (χ4v) is 3.35. The van der Waals surface area contributed by atoms with Crippen LogP contribution in [0.4, 0.5) is 0 Å². The molecular formula is C14H19N3OS. The lowest BCUT2D eigenvalue weighted by Crippen LogP contribution is -2.30. The molecule has 0 saturated heterocycles. The van der Waals surface area contributed by atoms with Gasteiger partial charge in [-0.2, -0.15) is 0 Å². The Kier molecular flexibility index (Phi) is 4.52. The number of rotatable bonds is 5. The zero-order valence-electron chi connectivity index (χ0n) is 11.3. The zero-order valence-corrected chi connectivity index (χ0v) is 12.1. The topological polar surface area (TPSA) is 58.4 Å². The van der Waals surface area contributed by atoms with Gasteiger partial charge in [0.25, 0.3) is 5.91 Å². The van der Waals surface area contributed by atoms with Crippen LogP contribution in [0.5, 0.6) is 0 Å². The van der Waals surface area contributed by atoms with Gasteiger partial charge in [0.15, 0.2) is 0 Å². The summed E-state index contributed by atoms with van der Waals surface area (Å²) in [6, 6.07) is 8.09. The van der Waals surface area contributed by atoms with Gasteiger partial charge in [-0.25, -0.2) is 5.84 Å². The second-order valence-corrected chi connectivity index (χ2v) is 5.67. The standard InChI is InChI=1S/C14H19N3OS/c1-3-8-17(2)9-11-10-6-4-5-7-12(10)19-13(11)14(18)16-15/h4-7H,3,8-9,15H2,1-2H3,(H,16,18). The minimum atomic E-state index is -0.207. The number of fused-ring (bicyclic) bond motifs is 1. The lowest BCUT2D eigenvalue weighted by molar-refractivity contribution is 0.0956. The van der Waals surface area contributed by atoms with E-state index < -0.39 is 0 Å². The minimum absolute atomic E-state index is 0.207. The molecule has 1 aromatic heterocycles. The average molecular weight is 277 g/mol. The Bertz CT molecular complexity index is 579. The molecule has 0 unspecified atom stereocenters. The van der Waals surface area contributed by atoms with Gasteiger partial charge in [-0.05, 0) is 37.0 Å². The number of benzene rings is 1. The van der Waals surface area contributed by atoms with E-state index in [2.05, 4.69) is 30.4 Å². The molecule has 2 rings (SSSR count). The van der Waals surface area contributed by atoms with Gasteiger partial charge in [0.05, 0.1) is 4.88 Å². The number of thiophene rings is 1. The maximum Gasteiger partial charge on any atom is 0.275 e. The number of hydrogen-bond acceptors (Lipinski definition) is 4. The van der Waals surface area contributed by atoms with Crippen LogP contribution in [0, 0.1) is 0 Å². The molecular weight excluding hydrogens is 258 g/mol. The molecule has 102 valence electrons. The van der Waals surface area contributed by atoms with E-state index in [1.54, 1.807) is 0 Å². The summed E-state index contributed by atoms with van der Waals surface area (Å²) < 4.78 is 1.13. The highest BCUT2D eigenvalue weighted by Crippen LogP contribution is 2.32. The third-order valence-electron chi connectivity index (χ3n) is 3.07. The van der Waals surface area contributed by atoms with Crippen molar-refractivity contribution in [2.75, 3.05) is 13.6 Å². The molecule has 1 aromatic carbocycles. The van der Waals surface area contributed by atoms with Gasteiger partial charge >= 0.3 is 0 Å². The lowest BCUT2D eigenvalue weighted by Gasteiger charge is -2.16. The summed E-state index contributed by atoms with van der Waals surface area (Å²) in [4.78, 5) is 14.8. The van der Waals surface area contributed by atoms with Crippen LogP contribution < -0.4 is 11.3 Å². The van der Waals surface area contributed by atoms with Crippen LogP contribution in [0.2, 0.25) is 0 Å². The first-order valence-electron chi connectivity index (χ1n) is 6.37. The van der Waals surface area contributed by atoms with Gasteiger partial charge in [-0.15, -0.1) is 11.3 Å². The highest BCUT2D eigenvalue weighted by Gasteiger charge is 2.18. The molecule has 0 bridgehead atoms. The maximum absolute atomic E-state index is 11.9. The molecule has 0 aliphatic rings. The third kappa shape index (κ3) is 2.94. The monoisotopic (exact) mass is 277 g/mol. The van der Waals surface area contributed by atoms with E-state index in [4.69, 9.17) is 5.84 Å². The van der Waals surface area contributed by atoms with E-state index in [0.717, 1.165) is 35.2 Å². The Morgan fingerprint density at radius 3 is 2.84 bits per heavy atom. The van der Waals surface area contributed by atoms with Crippen LogP contribution in [0.25, 0.3) is 10.1 Å². The Labute approximate surface area is 117 Å². The van der Waals surface area contributed by atoms with Crippen molar-refractivity contribution >= 4 is 27.3 Å². The number of carbonyl (C=O) groups excluding carboxylic acids is 1. The summed E-state index contributed by atoms with van der Waals surface area (Å²) >= 11 is 1.50. The molecule has 0 spiro atoms. The van der Waals surface area contributed by atoms with Crippen molar-refractivity contribution in [3.05, 3.63) is 34.7 Å². The molecule has 1 amide bonds. The van der Waals surface area contributed by atoms with Crippen molar-refractivity contribution < 1.29 is 4.79 Å². The number of amides is 1. The first-order valence-corrected chi connectivity index (χ1v) is 7.19. The number of nitrogens with one attached hydrogen (secondary N) is 1. The smallest absolute Gasteiger partial charge is 0.275 e. The van der Waals surface area contributed by atoms with Crippen LogP contribution >= 0.6 is 11.3 Å². The Balaban J connectivity index is 2.45. The van der Waals surface area contributed by atoms with E-state index in [-0.39, 0.29) is 5.91 Å². The van der Waals surface area contributed by atoms with Gasteiger partial charge < -0.3 is 4.90 Å². The molecule has 1 heterocycles. The largest absolute Gasteiger partial charge is 0.302 e. The van der Waals surface area contributed by atoms with Crippen LogP contribution in [-0.2, 0) is 6.54 Å². The molecule has 0 atom stereocenters. The molecule has 4 nitrogen and oxygen atoms in total. The zero-order chi connectivity index (χ0) is 13.8. The first kappa shape index (κ1) is 14.0. The summed E-state index contributed by atoms with van der Waals surface area (Å²) in [5, 5.41) is 1.15. The van der Waals surface area contributed by atoms with Gasteiger partial charge in [-0.1, -0.05) is 25.1 Å². The molecule has 0 fully saturated rings. The highest BCUT2D eigenvalue weighted by molar-refractivity contribution is 7.21. The van der Waals surface area contributed by atoms with Crippen LogP contribution in [0.1, 0.15) is 28.6 Å². The average Bonchev–Trinajstić information content (AvgIpc) is 2.77. The molecule has 5 heteroatoms. The Hall–Kier alpha value is -1.43. The molecule has 3 N–H and O–H groups in total. The molecule has 2 aromatic rings. The third-order valence-corrected chi connectivity index (χ3v) is 4.28. The molecule has 0 aliphatic carbocycles. The number of nitrogen functional groups attached to an aromatic ring is 1. The lowest BCUT2D eigenvalue weighted by atomic mass is 10.1. The van der Waals surface area contributed by atoms with E-state index in [0.29, 0.717) is 4.88 Å². The van der Waals surface area contributed by atoms with Gasteiger partial charge in [0.2, 0.25) is 0 Å². The maximum atomic E-state index is 11.9. The summed E-state index contributed by atoms with van der Waals surface area (Å²) in [5.74, 6) is 5.07. The molecule has 0 radical (unpaired) electrons. The number of hydrazine groups is 1. The van der Waals surface area contributed by atoms with Gasteiger partial charge in [0, 0.05) is 11.2 Å². The summed E-state index contributed by atoms with van der Waals surface area (Å²) in [7, 11) is 2.07. The first-order chi connectivity index (χ1) is 9.17. The van der Waals surface area contributed by atoms with Crippen LogP contribution in [0.15, 0.2) is 24.3 Å². The van der Waals surface area contributed by atoms with Crippen molar-refractivity contribution in [3.63, 3.8) is 0 Å². The van der Waals surface area contributed by atoms with E-state index in [1.807, 2.05) is 18.2 Å². The minimum Gasteiger partial charge on any atom is -0.302 e. The number of nitrogens with zero attached hydrogens (tertiary/aromatic N) is 1. The van der Waals surface area contributed by atoms with Crippen molar-refractivity contribution in [2.45, 2.75) is 19.9 Å². The SMILES string of the molecule is CCCN(C)Cc1c(C(=O)NN)sc2ccccc12. The van der Waals surface area contributed by atoms with Gasteiger partial charge in [0.1, 0.15) is 0 Å².